The van der Waals surface area contributed by atoms with Crippen molar-refractivity contribution in [2.45, 2.75) is 79.3 Å². The van der Waals surface area contributed by atoms with Crippen LogP contribution in [0.2, 0.25) is 0 Å². The van der Waals surface area contributed by atoms with Gasteiger partial charge in [0.25, 0.3) is 0 Å². The smallest absolute Gasteiger partial charge is 0.0227 e. The first-order valence-electron chi connectivity index (χ1n) is 9.17. The molecule has 21 heavy (non-hydrogen) atoms. The number of rotatable bonds is 3. The average Bonchev–Trinajstić information content (AvgIpc) is 2.37. The minimum Gasteiger partial charge on any atom is -0.0944 e. The van der Waals surface area contributed by atoms with Crippen molar-refractivity contribution in [3.8, 4) is 0 Å². The fourth-order valence-electron chi connectivity index (χ4n) is 3.37. The van der Waals surface area contributed by atoms with Crippen LogP contribution in [0, 0.1) is 23.7 Å². The summed E-state index contributed by atoms with van der Waals surface area (Å²) in [5.41, 5.74) is 0.962. The van der Waals surface area contributed by atoms with Gasteiger partial charge in [0.2, 0.25) is 0 Å². The Bertz CT molecular complexity index is 208. The molecular formula is C18H39P3. The molecule has 1 saturated heterocycles. The van der Waals surface area contributed by atoms with E-state index in [1.165, 1.54) is 54.5 Å². The zero-order valence-electron chi connectivity index (χ0n) is 15.3. The Morgan fingerprint density at radius 2 is 1.38 bits per heavy atom. The highest BCUT2D eigenvalue weighted by Gasteiger charge is 2.20. The molecule has 0 N–H and O–H groups in total. The van der Waals surface area contributed by atoms with Gasteiger partial charge in [0.15, 0.2) is 0 Å². The van der Waals surface area contributed by atoms with E-state index in [4.69, 9.17) is 0 Å². The summed E-state index contributed by atoms with van der Waals surface area (Å²) in [6.07, 6.45) is 10.6. The zero-order chi connectivity index (χ0) is 15.8. The molecule has 0 aromatic heterocycles. The SMILES string of the molecule is CC(C)C1CCCC(C(C)C)CPPP(C(C)C)CCC1. The first-order chi connectivity index (χ1) is 9.91. The molecule has 0 aromatic rings. The largest absolute Gasteiger partial charge is 0.0944 e. The minimum absolute atomic E-state index is 0.340. The molecule has 5 atom stereocenters. The molecule has 5 unspecified atom stereocenters. The van der Waals surface area contributed by atoms with E-state index in [1.807, 2.05) is 0 Å². The van der Waals surface area contributed by atoms with Gasteiger partial charge in [0.1, 0.15) is 0 Å². The van der Waals surface area contributed by atoms with Crippen LogP contribution in [0.4, 0.5) is 0 Å². The molecule has 1 aliphatic heterocycles. The third-order valence-electron chi connectivity index (χ3n) is 5.22. The molecule has 1 fully saturated rings. The highest BCUT2D eigenvalue weighted by molar-refractivity contribution is 8.48. The minimum atomic E-state index is 0.340. The molecule has 1 heterocycles. The summed E-state index contributed by atoms with van der Waals surface area (Å²) in [4.78, 5) is 0. The van der Waals surface area contributed by atoms with Gasteiger partial charge < -0.3 is 0 Å². The maximum Gasteiger partial charge on any atom is -0.0227 e. The lowest BCUT2D eigenvalue weighted by atomic mass is 9.84. The van der Waals surface area contributed by atoms with E-state index < -0.39 is 0 Å². The number of hydrogen-bond donors (Lipinski definition) is 0. The normalized spacial score (nSPS) is 32.7. The Morgan fingerprint density at radius 1 is 0.810 bits per heavy atom. The summed E-state index contributed by atoms with van der Waals surface area (Å²) in [7, 11) is 2.92. The molecule has 0 saturated carbocycles. The van der Waals surface area contributed by atoms with Crippen LogP contribution in [0.25, 0.3) is 0 Å². The van der Waals surface area contributed by atoms with E-state index in [2.05, 4.69) is 41.5 Å². The quantitative estimate of drug-likeness (QED) is 0.461. The molecule has 3 heteroatoms. The molecule has 1 rings (SSSR count). The molecule has 1 aliphatic rings. The van der Waals surface area contributed by atoms with Gasteiger partial charge in [-0.3, -0.25) is 0 Å². The van der Waals surface area contributed by atoms with Crippen LogP contribution in [0.15, 0.2) is 0 Å². The van der Waals surface area contributed by atoms with Crippen LogP contribution >= 0.6 is 23.8 Å². The second kappa shape index (κ2) is 11.0. The highest BCUT2D eigenvalue weighted by Crippen LogP contribution is 2.68. The fourth-order valence-corrected chi connectivity index (χ4v) is 15.2. The second-order valence-corrected chi connectivity index (χ2v) is 16.7. The fraction of sp³-hybridized carbons (Fsp3) is 1.00. The third-order valence-corrected chi connectivity index (χ3v) is 16.6. The van der Waals surface area contributed by atoms with Gasteiger partial charge in [-0.25, -0.2) is 0 Å². The molecular weight excluding hydrogens is 309 g/mol. The lowest BCUT2D eigenvalue weighted by molar-refractivity contribution is 0.301. The first kappa shape index (κ1) is 20.3. The van der Waals surface area contributed by atoms with Gasteiger partial charge in [-0.1, -0.05) is 78.2 Å². The van der Waals surface area contributed by atoms with Crippen LogP contribution in [0.3, 0.4) is 0 Å². The third kappa shape index (κ3) is 8.09. The van der Waals surface area contributed by atoms with Crippen molar-refractivity contribution in [1.82, 2.24) is 0 Å². The summed E-state index contributed by atoms with van der Waals surface area (Å²) < 4.78 is 0. The molecule has 0 spiro atoms. The summed E-state index contributed by atoms with van der Waals surface area (Å²) in [6, 6.07) is 0. The van der Waals surface area contributed by atoms with E-state index >= 15 is 0 Å². The zero-order valence-corrected chi connectivity index (χ0v) is 18.2. The van der Waals surface area contributed by atoms with Gasteiger partial charge >= 0.3 is 0 Å². The molecule has 0 bridgehead atoms. The lowest BCUT2D eigenvalue weighted by Gasteiger charge is -2.28. The van der Waals surface area contributed by atoms with Gasteiger partial charge in [0, 0.05) is 0 Å². The van der Waals surface area contributed by atoms with Crippen molar-refractivity contribution in [3.05, 3.63) is 0 Å². The van der Waals surface area contributed by atoms with Crippen LogP contribution in [0.5, 0.6) is 0 Å². The van der Waals surface area contributed by atoms with E-state index in [0.717, 1.165) is 29.3 Å². The van der Waals surface area contributed by atoms with Crippen LogP contribution in [0.1, 0.15) is 73.6 Å². The standard InChI is InChI=1S/C18H39P3/c1-14(2)17-9-7-10-18(15(3)4)13-19-20-21(16(5)6)12-8-11-17/h14-20H,7-13H2,1-6H3. The maximum atomic E-state index is 2.48. The van der Waals surface area contributed by atoms with Gasteiger partial charge in [-0.15, -0.1) is 0 Å². The lowest BCUT2D eigenvalue weighted by Crippen LogP contribution is -2.14. The Labute approximate surface area is 139 Å². The van der Waals surface area contributed by atoms with Crippen molar-refractivity contribution in [2.24, 2.45) is 23.7 Å². The molecule has 0 aliphatic carbocycles. The van der Waals surface area contributed by atoms with E-state index in [-0.39, 0.29) is 0 Å². The van der Waals surface area contributed by atoms with Crippen molar-refractivity contribution in [2.75, 3.05) is 12.3 Å². The van der Waals surface area contributed by atoms with Crippen LogP contribution < -0.4 is 0 Å². The second-order valence-electron chi connectivity index (χ2n) is 7.86. The van der Waals surface area contributed by atoms with Gasteiger partial charge in [-0.2, -0.15) is 0 Å². The molecule has 0 amide bonds. The van der Waals surface area contributed by atoms with E-state index in [1.54, 1.807) is 6.16 Å². The summed E-state index contributed by atoms with van der Waals surface area (Å²) in [5.74, 6) is 3.78. The Hall–Kier alpha value is 1.29. The Kier molecular flexibility index (Phi) is 10.6. The molecule has 126 valence electrons. The van der Waals surface area contributed by atoms with E-state index in [0.29, 0.717) is 7.61 Å². The Morgan fingerprint density at radius 3 is 1.95 bits per heavy atom. The van der Waals surface area contributed by atoms with Crippen molar-refractivity contribution in [3.63, 3.8) is 0 Å². The predicted octanol–water partition coefficient (Wildman–Crippen LogP) is 7.57. The summed E-state index contributed by atoms with van der Waals surface area (Å²) >= 11 is 0. The topological polar surface area (TPSA) is 0 Å². The molecule has 0 aromatic carbocycles. The Balaban J connectivity index is 2.64. The van der Waals surface area contributed by atoms with Crippen LogP contribution in [-0.4, -0.2) is 18.0 Å². The van der Waals surface area contributed by atoms with Gasteiger partial charge in [0.05, 0.1) is 0 Å². The van der Waals surface area contributed by atoms with E-state index in [9.17, 15) is 0 Å². The molecule has 0 radical (unpaired) electrons. The monoisotopic (exact) mass is 348 g/mol. The first-order valence-corrected chi connectivity index (χ1v) is 14.8. The predicted molar refractivity (Wildman–Crippen MR) is 108 cm³/mol. The van der Waals surface area contributed by atoms with Crippen molar-refractivity contribution >= 4 is 23.8 Å². The summed E-state index contributed by atoms with van der Waals surface area (Å²) in [5, 5.41) is 0. The maximum absolute atomic E-state index is 2.48. The highest BCUT2D eigenvalue weighted by atomic mass is 32.4. The summed E-state index contributed by atoms with van der Waals surface area (Å²) in [6.45, 7) is 14.8. The number of hydrogen-bond acceptors (Lipinski definition) is 0. The van der Waals surface area contributed by atoms with Gasteiger partial charge in [-0.05, 0) is 60.9 Å². The van der Waals surface area contributed by atoms with Crippen molar-refractivity contribution < 1.29 is 0 Å². The van der Waals surface area contributed by atoms with Crippen molar-refractivity contribution in [1.29, 1.82) is 0 Å². The molecule has 0 nitrogen and oxygen atoms in total. The average molecular weight is 348 g/mol. The van der Waals surface area contributed by atoms with Crippen LogP contribution in [-0.2, 0) is 0 Å².